The maximum absolute atomic E-state index is 9.31. The molecule has 0 fully saturated rings. The molecule has 0 spiro atoms. The Morgan fingerprint density at radius 3 is 2.40 bits per heavy atom. The van der Waals surface area contributed by atoms with Crippen molar-refractivity contribution in [1.29, 1.82) is 0 Å². The second kappa shape index (κ2) is 13.2. The van der Waals surface area contributed by atoms with Gasteiger partial charge in [-0.2, -0.15) is 0 Å². The van der Waals surface area contributed by atoms with E-state index in [0.717, 1.165) is 71.0 Å². The number of aryl methyl sites for hydroxylation is 2. The molecule has 0 aliphatic heterocycles. The van der Waals surface area contributed by atoms with Gasteiger partial charge in [-0.25, -0.2) is 9.97 Å². The van der Waals surface area contributed by atoms with Crippen molar-refractivity contribution < 1.29 is 19.0 Å². The number of imidazole rings is 1. The van der Waals surface area contributed by atoms with E-state index in [9.17, 15) is 9.79 Å². The number of aromatic nitrogens is 3. The smallest absolute Gasteiger partial charge is 0.391 e. The first kappa shape index (κ1) is 32.1. The molecule has 6 N–H and O–H groups in total. The number of ether oxygens (including phenoxy) is 1. The number of hydrogen-bond acceptors (Lipinski definition) is 8. The molecule has 0 bridgehead atoms. The predicted octanol–water partition coefficient (Wildman–Crippen LogP) is 6.27. The highest BCUT2D eigenvalue weighted by Crippen LogP contribution is 2.36. The third-order valence-electron chi connectivity index (χ3n) is 7.84. The zero-order valence-corrected chi connectivity index (χ0v) is 26.7. The number of fused-ring (bicyclic) bond motifs is 3. The molecule has 228 valence electrons. The zero-order valence-electron chi connectivity index (χ0n) is 25.8. The number of unbranched alkanes of at least 4 members (excludes halogenated alkanes) is 1. The van der Waals surface area contributed by atoms with E-state index in [0.29, 0.717) is 31.3 Å². The first-order valence-corrected chi connectivity index (χ1v) is 15.9. The summed E-state index contributed by atoms with van der Waals surface area (Å²) in [5, 5.41) is 1.02. The van der Waals surface area contributed by atoms with Crippen LogP contribution in [0.25, 0.3) is 21.9 Å². The van der Waals surface area contributed by atoms with Crippen LogP contribution >= 0.6 is 8.60 Å². The first-order valence-electron chi connectivity index (χ1n) is 14.7. The van der Waals surface area contributed by atoms with Crippen LogP contribution in [0.2, 0.25) is 0 Å². The molecule has 0 saturated heterocycles. The molecule has 9 nitrogen and oxygen atoms in total. The lowest BCUT2D eigenvalue weighted by molar-refractivity contribution is 0.105. The van der Waals surface area contributed by atoms with Gasteiger partial charge < -0.3 is 35.1 Å². The second-order valence-corrected chi connectivity index (χ2v) is 13.3. The molecule has 10 heteroatoms. The minimum absolute atomic E-state index is 0.123. The van der Waals surface area contributed by atoms with Crippen molar-refractivity contribution in [2.45, 2.75) is 91.1 Å². The lowest BCUT2D eigenvalue weighted by atomic mass is 9.81. The maximum atomic E-state index is 9.31. The number of nitrogens with zero attached hydrogens (tertiary/aromatic N) is 3. The maximum Gasteiger partial charge on any atom is 0.391 e. The van der Waals surface area contributed by atoms with E-state index in [1.165, 1.54) is 5.56 Å². The molecule has 2 heterocycles. The van der Waals surface area contributed by atoms with E-state index in [1.807, 2.05) is 32.9 Å². The van der Waals surface area contributed by atoms with Gasteiger partial charge in [-0.3, -0.25) is 0 Å². The predicted molar refractivity (Wildman–Crippen MR) is 172 cm³/mol. The Labute approximate surface area is 250 Å². The topological polar surface area (TPSA) is 142 Å². The summed E-state index contributed by atoms with van der Waals surface area (Å²) >= 11 is 0. The Hall–Kier alpha value is -2.81. The van der Waals surface area contributed by atoms with Gasteiger partial charge in [0.1, 0.15) is 17.1 Å². The molecule has 2 aromatic carbocycles. The molecule has 4 aromatic rings. The number of benzene rings is 2. The highest BCUT2D eigenvalue weighted by atomic mass is 31.2. The lowest BCUT2D eigenvalue weighted by Crippen LogP contribution is -2.33. The van der Waals surface area contributed by atoms with Crippen molar-refractivity contribution in [3.05, 3.63) is 58.9 Å². The summed E-state index contributed by atoms with van der Waals surface area (Å²) in [6.45, 7) is 14.5. The summed E-state index contributed by atoms with van der Waals surface area (Å²) in [5.74, 6) is 1.86. The van der Waals surface area contributed by atoms with Gasteiger partial charge in [0, 0.05) is 37.1 Å². The minimum Gasteiger partial charge on any atom is -0.427 e. The van der Waals surface area contributed by atoms with Crippen molar-refractivity contribution in [1.82, 2.24) is 14.5 Å². The molecule has 0 aliphatic rings. The van der Waals surface area contributed by atoms with Gasteiger partial charge in [0.15, 0.2) is 5.82 Å². The number of nitrogen functional groups attached to an aromatic ring is 1. The summed E-state index contributed by atoms with van der Waals surface area (Å²) in [6, 6.07) is 12.2. The molecule has 2 aromatic heterocycles. The third-order valence-corrected chi connectivity index (χ3v) is 8.20. The SMILES string of the molecule is CCCCc1nc2c(N)nc3ccc(C(C)(C)CCOCCC(C)(C)N)cc3c2n1Cc1ccc(OP(O)O)c(C)c1. The van der Waals surface area contributed by atoms with Gasteiger partial charge in [0.05, 0.1) is 11.0 Å². The van der Waals surface area contributed by atoms with Gasteiger partial charge in [0.2, 0.25) is 0 Å². The fourth-order valence-electron chi connectivity index (χ4n) is 5.17. The Morgan fingerprint density at radius 2 is 1.74 bits per heavy atom. The lowest BCUT2D eigenvalue weighted by Gasteiger charge is -2.26. The van der Waals surface area contributed by atoms with E-state index in [1.54, 1.807) is 6.07 Å². The third kappa shape index (κ3) is 7.77. The Morgan fingerprint density at radius 1 is 1.00 bits per heavy atom. The highest BCUT2D eigenvalue weighted by molar-refractivity contribution is 7.39. The van der Waals surface area contributed by atoms with E-state index in [2.05, 4.69) is 43.5 Å². The van der Waals surface area contributed by atoms with Crippen molar-refractivity contribution >= 4 is 36.4 Å². The van der Waals surface area contributed by atoms with Gasteiger partial charge in [-0.1, -0.05) is 45.4 Å². The van der Waals surface area contributed by atoms with Crippen LogP contribution in [0.3, 0.4) is 0 Å². The molecule has 0 radical (unpaired) electrons. The zero-order chi connectivity index (χ0) is 30.7. The van der Waals surface area contributed by atoms with Crippen LogP contribution in [-0.2, 0) is 23.1 Å². The van der Waals surface area contributed by atoms with Gasteiger partial charge in [-0.15, -0.1) is 0 Å². The van der Waals surface area contributed by atoms with Crippen LogP contribution in [0.5, 0.6) is 5.75 Å². The van der Waals surface area contributed by atoms with Gasteiger partial charge in [0.25, 0.3) is 0 Å². The quantitative estimate of drug-likeness (QED) is 0.0988. The fraction of sp³-hybridized carbons (Fsp3) is 0.500. The van der Waals surface area contributed by atoms with E-state index in [4.69, 9.17) is 30.7 Å². The molecule has 4 rings (SSSR count). The Balaban J connectivity index is 1.74. The number of pyridine rings is 1. The van der Waals surface area contributed by atoms with Gasteiger partial charge in [-0.05, 0) is 80.3 Å². The van der Waals surface area contributed by atoms with Crippen LogP contribution in [0.15, 0.2) is 36.4 Å². The average Bonchev–Trinajstić information content (AvgIpc) is 3.26. The molecule has 0 amide bonds. The van der Waals surface area contributed by atoms with Crippen LogP contribution in [0.4, 0.5) is 5.82 Å². The second-order valence-electron chi connectivity index (χ2n) is 12.6. The van der Waals surface area contributed by atoms with Crippen LogP contribution in [-0.4, -0.2) is 43.1 Å². The van der Waals surface area contributed by atoms with Crippen molar-refractivity contribution in [3.63, 3.8) is 0 Å². The summed E-state index contributed by atoms with van der Waals surface area (Å²) < 4.78 is 13.4. The standard InChI is InChI=1S/C32H46N5O4P/c1-7-8-9-27-36-28-29(37(27)20-22-10-13-26(21(2)18-22)41-42(38)39)24-19-23(11-12-25(24)35-30(28)33)31(3,4)14-16-40-17-15-32(5,6)34/h10-13,18-19,38-39H,7-9,14-17,20,34H2,1-6H3,(H2,33,35). The van der Waals surface area contributed by atoms with E-state index in [-0.39, 0.29) is 11.0 Å². The molecule has 0 atom stereocenters. The Bertz CT molecular complexity index is 1530. The summed E-state index contributed by atoms with van der Waals surface area (Å²) in [7, 11) is -2.48. The molecule has 42 heavy (non-hydrogen) atoms. The summed E-state index contributed by atoms with van der Waals surface area (Å²) in [6.07, 6.45) is 4.58. The fourth-order valence-corrected chi connectivity index (χ4v) is 5.55. The molecule has 0 saturated carbocycles. The first-order chi connectivity index (χ1) is 19.8. The number of nitrogens with two attached hydrogens (primary N) is 2. The summed E-state index contributed by atoms with van der Waals surface area (Å²) in [5.41, 5.74) is 17.9. The molecule has 0 aliphatic carbocycles. The van der Waals surface area contributed by atoms with Gasteiger partial charge >= 0.3 is 8.60 Å². The number of anilines is 1. The minimum atomic E-state index is -2.48. The van der Waals surface area contributed by atoms with Crippen molar-refractivity contribution in [3.8, 4) is 5.75 Å². The van der Waals surface area contributed by atoms with Crippen LogP contribution in [0.1, 0.15) is 82.8 Å². The van der Waals surface area contributed by atoms with E-state index < -0.39 is 8.60 Å². The normalized spacial score (nSPS) is 12.6. The number of rotatable bonds is 14. The molecular weight excluding hydrogens is 549 g/mol. The Kier molecular flexibility index (Phi) is 10.1. The number of hydrogen-bond donors (Lipinski definition) is 4. The summed E-state index contributed by atoms with van der Waals surface area (Å²) in [4.78, 5) is 28.4. The van der Waals surface area contributed by atoms with E-state index >= 15 is 0 Å². The molecular formula is C32H46N5O4P. The van der Waals surface area contributed by atoms with Crippen molar-refractivity contribution in [2.75, 3.05) is 18.9 Å². The largest absolute Gasteiger partial charge is 0.427 e. The van der Waals surface area contributed by atoms with Crippen molar-refractivity contribution in [2.24, 2.45) is 5.73 Å². The molecule has 0 unspecified atom stereocenters. The van der Waals surface area contributed by atoms with Crippen LogP contribution in [0, 0.1) is 6.92 Å². The average molecular weight is 596 g/mol. The highest BCUT2D eigenvalue weighted by Gasteiger charge is 2.24. The van der Waals surface area contributed by atoms with Crippen LogP contribution < -0.4 is 16.0 Å². The monoisotopic (exact) mass is 595 g/mol.